The molecular formula is C26H31F3N4O4. The van der Waals surface area contributed by atoms with Gasteiger partial charge in [0.1, 0.15) is 18.1 Å². The summed E-state index contributed by atoms with van der Waals surface area (Å²) in [6, 6.07) is 12.6. The van der Waals surface area contributed by atoms with Crippen LogP contribution in [-0.2, 0) is 17.6 Å². The van der Waals surface area contributed by atoms with Crippen LogP contribution in [0.3, 0.4) is 0 Å². The van der Waals surface area contributed by atoms with Crippen LogP contribution in [0, 0.1) is 13.8 Å². The number of aryl methyl sites for hydroxylation is 2. The van der Waals surface area contributed by atoms with E-state index in [-0.39, 0.29) is 18.0 Å². The van der Waals surface area contributed by atoms with Gasteiger partial charge in [-0.15, -0.1) is 0 Å². The van der Waals surface area contributed by atoms with Gasteiger partial charge in [0.2, 0.25) is 0 Å². The maximum Gasteiger partial charge on any atom is 0.416 e. The molecule has 37 heavy (non-hydrogen) atoms. The first-order valence-electron chi connectivity index (χ1n) is 11.2. The molecule has 0 radical (unpaired) electrons. The molecule has 0 aliphatic rings. The van der Waals surface area contributed by atoms with Crippen molar-refractivity contribution in [1.82, 2.24) is 9.97 Å². The molecule has 8 nitrogen and oxygen atoms in total. The Bertz CT molecular complexity index is 1150. The number of hydrogen-bond acceptors (Lipinski definition) is 8. The van der Waals surface area contributed by atoms with Gasteiger partial charge in [-0.3, -0.25) is 9.97 Å². The Morgan fingerprint density at radius 1 is 0.865 bits per heavy atom. The van der Waals surface area contributed by atoms with Crippen molar-refractivity contribution in [2.24, 2.45) is 10.3 Å². The van der Waals surface area contributed by atoms with E-state index in [0.717, 1.165) is 24.0 Å². The molecule has 0 saturated heterocycles. The minimum absolute atomic E-state index is 0.0294. The fraction of sp³-hybridized carbons (Fsp3) is 0.308. The van der Waals surface area contributed by atoms with Crippen molar-refractivity contribution in [2.45, 2.75) is 40.5 Å². The highest BCUT2D eigenvalue weighted by Crippen LogP contribution is 2.30. The quantitative estimate of drug-likeness (QED) is 0.226. The Balaban J connectivity index is 0.000000475. The minimum Gasteiger partial charge on any atom is -0.496 e. The molecule has 0 spiro atoms. The van der Waals surface area contributed by atoms with Crippen LogP contribution >= 0.6 is 0 Å². The normalized spacial score (nSPS) is 10.8. The van der Waals surface area contributed by atoms with Gasteiger partial charge in [0.25, 0.3) is 0 Å². The van der Waals surface area contributed by atoms with Gasteiger partial charge in [0, 0.05) is 11.4 Å². The molecular weight excluding hydrogens is 489 g/mol. The number of ether oxygens (including phenoxy) is 2. The van der Waals surface area contributed by atoms with Gasteiger partial charge in [0.05, 0.1) is 49.2 Å². The van der Waals surface area contributed by atoms with E-state index in [2.05, 4.69) is 20.3 Å². The molecule has 2 heterocycles. The second kappa shape index (κ2) is 15.8. The Morgan fingerprint density at radius 3 is 2.00 bits per heavy atom. The van der Waals surface area contributed by atoms with Crippen molar-refractivity contribution in [3.8, 4) is 11.5 Å². The topological polar surface area (TPSA) is 98.4 Å². The number of alkyl halides is 3. The van der Waals surface area contributed by atoms with Crippen molar-refractivity contribution < 1.29 is 32.7 Å². The van der Waals surface area contributed by atoms with E-state index in [4.69, 9.17) is 19.5 Å². The lowest BCUT2D eigenvalue weighted by atomic mass is 10.2. The van der Waals surface area contributed by atoms with Gasteiger partial charge in [-0.2, -0.15) is 13.2 Å². The van der Waals surface area contributed by atoms with Gasteiger partial charge in [0.15, 0.2) is 0 Å². The third kappa shape index (κ3) is 10.6. The number of oxime groups is 2. The Labute approximate surface area is 214 Å². The number of halogens is 3. The van der Waals surface area contributed by atoms with Crippen LogP contribution in [0.5, 0.6) is 11.5 Å². The van der Waals surface area contributed by atoms with Gasteiger partial charge in [-0.1, -0.05) is 36.3 Å². The molecule has 2 aromatic heterocycles. The van der Waals surface area contributed by atoms with Gasteiger partial charge in [-0.25, -0.2) is 0 Å². The largest absolute Gasteiger partial charge is 0.496 e. The zero-order chi connectivity index (χ0) is 27.8. The third-order valence-electron chi connectivity index (χ3n) is 4.40. The average Bonchev–Trinajstić information content (AvgIpc) is 2.87. The number of hydrogen-bond donors (Lipinski definition) is 1. The second-order valence-corrected chi connectivity index (χ2v) is 7.02. The predicted octanol–water partition coefficient (Wildman–Crippen LogP) is 6.20. The van der Waals surface area contributed by atoms with E-state index in [1.54, 1.807) is 24.3 Å². The molecule has 0 aliphatic heterocycles. The number of rotatable bonds is 7. The molecule has 0 amide bonds. The molecule has 11 heteroatoms. The molecule has 200 valence electrons. The minimum atomic E-state index is -4.44. The van der Waals surface area contributed by atoms with Gasteiger partial charge >= 0.3 is 6.18 Å². The Hall–Kier alpha value is -4.15. The zero-order valence-electron chi connectivity index (χ0n) is 21.6. The first-order valence-corrected chi connectivity index (χ1v) is 11.2. The van der Waals surface area contributed by atoms with Gasteiger partial charge in [-0.05, 0) is 50.2 Å². The number of aromatic nitrogens is 2. The molecule has 0 saturated carbocycles. The second-order valence-electron chi connectivity index (χ2n) is 7.02. The van der Waals surface area contributed by atoms with Crippen LogP contribution in [0.1, 0.15) is 47.8 Å². The lowest BCUT2D eigenvalue weighted by molar-refractivity contribution is -0.137. The summed E-state index contributed by atoms with van der Waals surface area (Å²) < 4.78 is 48.8. The standard InChI is InChI=1S/C17H17F3N2O3.C7H8N2O.C2H6/c1-11-7-12(17(18,19)20)8-13(22-11)9-21-25-10-14-15(23-2)5-4-6-16(14)24-3;1-6-3-2-4-7(9-6)5-8-10;1-2/h4-9H,10H2,1-3H3;2-5,10H,1H3;1-2H3/b21-9+;8-5+;. The summed E-state index contributed by atoms with van der Waals surface area (Å²) in [7, 11) is 3.02. The summed E-state index contributed by atoms with van der Waals surface area (Å²) in [5, 5.41) is 14.7. The molecule has 0 unspecified atom stereocenters. The van der Waals surface area contributed by atoms with Crippen molar-refractivity contribution >= 4 is 12.4 Å². The number of methoxy groups -OCH3 is 2. The zero-order valence-corrected chi connectivity index (χ0v) is 21.6. The summed E-state index contributed by atoms with van der Waals surface area (Å²) in [6.45, 7) is 7.39. The lowest BCUT2D eigenvalue weighted by Crippen LogP contribution is -2.07. The van der Waals surface area contributed by atoms with Crippen molar-refractivity contribution in [1.29, 1.82) is 0 Å². The molecule has 3 rings (SSSR count). The molecule has 0 fully saturated rings. The molecule has 3 aromatic rings. The van der Waals surface area contributed by atoms with Crippen LogP contribution in [0.15, 0.2) is 58.8 Å². The highest BCUT2D eigenvalue weighted by atomic mass is 19.4. The van der Waals surface area contributed by atoms with E-state index in [1.807, 2.05) is 32.9 Å². The summed E-state index contributed by atoms with van der Waals surface area (Å²) in [4.78, 5) is 13.2. The van der Waals surface area contributed by atoms with Crippen molar-refractivity contribution in [3.05, 3.63) is 82.4 Å². The molecule has 1 aromatic carbocycles. The third-order valence-corrected chi connectivity index (χ3v) is 4.40. The number of pyridine rings is 2. The SMILES string of the molecule is CC.COc1cccc(OC)c1CO/N=C/c1cc(C(F)(F)F)cc(C)n1.Cc1cccc(/C=N/O)n1. The molecule has 0 bridgehead atoms. The highest BCUT2D eigenvalue weighted by Gasteiger charge is 2.31. The average molecular weight is 521 g/mol. The summed E-state index contributed by atoms with van der Waals surface area (Å²) in [5.41, 5.74) is 1.73. The fourth-order valence-corrected chi connectivity index (χ4v) is 2.88. The predicted molar refractivity (Wildman–Crippen MR) is 136 cm³/mol. The maximum absolute atomic E-state index is 12.8. The van der Waals surface area contributed by atoms with Crippen LogP contribution < -0.4 is 9.47 Å². The van der Waals surface area contributed by atoms with Crippen molar-refractivity contribution in [2.75, 3.05) is 14.2 Å². The Morgan fingerprint density at radius 2 is 1.46 bits per heavy atom. The van der Waals surface area contributed by atoms with E-state index in [0.29, 0.717) is 22.8 Å². The Kier molecular flexibility index (Phi) is 13.2. The fourth-order valence-electron chi connectivity index (χ4n) is 2.88. The first kappa shape index (κ1) is 30.9. The van der Waals surface area contributed by atoms with E-state index in [1.165, 1.54) is 27.4 Å². The van der Waals surface area contributed by atoms with E-state index in [9.17, 15) is 13.2 Å². The lowest BCUT2D eigenvalue weighted by Gasteiger charge is -2.11. The molecule has 1 N–H and O–H groups in total. The number of benzene rings is 1. The smallest absolute Gasteiger partial charge is 0.416 e. The summed E-state index contributed by atoms with van der Waals surface area (Å²) >= 11 is 0. The van der Waals surface area contributed by atoms with Crippen molar-refractivity contribution in [3.63, 3.8) is 0 Å². The monoisotopic (exact) mass is 520 g/mol. The summed E-state index contributed by atoms with van der Waals surface area (Å²) in [5.74, 6) is 1.12. The number of nitrogens with zero attached hydrogens (tertiary/aromatic N) is 4. The van der Waals surface area contributed by atoms with Crippen LogP contribution in [0.25, 0.3) is 0 Å². The maximum atomic E-state index is 12.8. The van der Waals surface area contributed by atoms with E-state index >= 15 is 0 Å². The highest BCUT2D eigenvalue weighted by molar-refractivity contribution is 5.77. The van der Waals surface area contributed by atoms with Crippen LogP contribution in [-0.4, -0.2) is 41.8 Å². The molecule has 0 atom stereocenters. The molecule has 0 aliphatic carbocycles. The van der Waals surface area contributed by atoms with Crippen LogP contribution in [0.4, 0.5) is 13.2 Å². The first-order chi connectivity index (χ1) is 17.7. The van der Waals surface area contributed by atoms with E-state index < -0.39 is 11.7 Å². The van der Waals surface area contributed by atoms with Gasteiger partial charge < -0.3 is 19.5 Å². The summed E-state index contributed by atoms with van der Waals surface area (Å²) in [6.07, 6.45) is -2.01. The van der Waals surface area contributed by atoms with Crippen LogP contribution in [0.2, 0.25) is 0 Å².